The molecule has 0 bridgehead atoms. The van der Waals surface area contributed by atoms with E-state index in [1.54, 1.807) is 0 Å². The van der Waals surface area contributed by atoms with Gasteiger partial charge in [-0.1, -0.05) is 22.9 Å². The van der Waals surface area contributed by atoms with Gasteiger partial charge in [0.25, 0.3) is 0 Å². The molecule has 0 aliphatic carbocycles. The van der Waals surface area contributed by atoms with Gasteiger partial charge in [-0.2, -0.15) is 0 Å². The Balaban J connectivity index is 1.65. The van der Waals surface area contributed by atoms with Crippen molar-refractivity contribution in [3.63, 3.8) is 0 Å². The van der Waals surface area contributed by atoms with E-state index >= 15 is 0 Å². The smallest absolute Gasteiger partial charge is 0.162 e. The van der Waals surface area contributed by atoms with E-state index in [1.165, 1.54) is 0 Å². The summed E-state index contributed by atoms with van der Waals surface area (Å²) < 4.78 is 8.55. The number of aryl methyl sites for hydroxylation is 1. The van der Waals surface area contributed by atoms with Crippen LogP contribution in [0, 0.1) is 12.8 Å². The Labute approximate surface area is 179 Å². The second-order valence-electron chi connectivity index (χ2n) is 7.65. The molecule has 0 radical (unpaired) electrons. The summed E-state index contributed by atoms with van der Waals surface area (Å²) in [7, 11) is 0. The van der Waals surface area contributed by atoms with Crippen molar-refractivity contribution in [2.24, 2.45) is 5.92 Å². The Kier molecular flexibility index (Phi) is 6.01. The van der Waals surface area contributed by atoms with E-state index < -0.39 is 0 Å². The molecule has 1 aromatic heterocycles. The van der Waals surface area contributed by atoms with Gasteiger partial charge in [-0.25, -0.2) is 4.98 Å². The first kappa shape index (κ1) is 20.1. The van der Waals surface area contributed by atoms with E-state index in [4.69, 9.17) is 9.72 Å². The lowest BCUT2D eigenvalue weighted by Gasteiger charge is -2.22. The topological polar surface area (TPSA) is 56.2 Å². The molecule has 4 rings (SSSR count). The molecule has 5 nitrogen and oxygen atoms in total. The molecular weight excluding hydrogens is 430 g/mol. The molecule has 1 aliphatic heterocycles. The number of rotatable bonds is 6. The lowest BCUT2D eigenvalue weighted by Crippen LogP contribution is -2.22. The van der Waals surface area contributed by atoms with Crippen molar-refractivity contribution in [2.75, 3.05) is 25.1 Å². The molecule has 0 unspecified atom stereocenters. The largest absolute Gasteiger partial charge is 0.383 e. The summed E-state index contributed by atoms with van der Waals surface area (Å²) in [4.78, 5) is 16.8. The van der Waals surface area contributed by atoms with Crippen molar-refractivity contribution in [3.8, 4) is 5.69 Å². The van der Waals surface area contributed by atoms with Crippen LogP contribution in [0.4, 0.5) is 5.69 Å². The maximum absolute atomic E-state index is 12.1. The van der Waals surface area contributed by atoms with Crippen LogP contribution in [0.25, 0.3) is 16.7 Å². The number of halogens is 1. The van der Waals surface area contributed by atoms with Crippen LogP contribution in [0.5, 0.6) is 0 Å². The van der Waals surface area contributed by atoms with Crippen LogP contribution in [0.3, 0.4) is 0 Å². The molecule has 0 spiro atoms. The van der Waals surface area contributed by atoms with Crippen molar-refractivity contribution in [1.29, 1.82) is 0 Å². The Morgan fingerprint density at radius 2 is 2.07 bits per heavy atom. The molecule has 1 N–H and O–H groups in total. The average molecular weight is 456 g/mol. The lowest BCUT2D eigenvalue weighted by molar-refractivity contribution is 0.0699. The summed E-state index contributed by atoms with van der Waals surface area (Å²) in [5, 5.41) is 3.60. The van der Waals surface area contributed by atoms with Crippen LogP contribution in [0.15, 0.2) is 41.1 Å². The van der Waals surface area contributed by atoms with Gasteiger partial charge in [0, 0.05) is 41.9 Å². The van der Waals surface area contributed by atoms with Crippen LogP contribution < -0.4 is 5.32 Å². The molecule has 1 fully saturated rings. The van der Waals surface area contributed by atoms with Gasteiger partial charge in [0.05, 0.1) is 11.2 Å². The molecule has 0 atom stereocenters. The molecule has 1 aliphatic rings. The maximum atomic E-state index is 12.1. The number of ketones is 1. The first-order valence-corrected chi connectivity index (χ1v) is 11.0. The highest BCUT2D eigenvalue weighted by molar-refractivity contribution is 9.10. The van der Waals surface area contributed by atoms with Gasteiger partial charge in [-0.05, 0) is 61.6 Å². The first-order valence-electron chi connectivity index (χ1n) is 10.2. The van der Waals surface area contributed by atoms with Crippen molar-refractivity contribution >= 4 is 38.4 Å². The number of carbonyl (C=O) groups excluding carboxylic acids is 1. The monoisotopic (exact) mass is 455 g/mol. The van der Waals surface area contributed by atoms with E-state index in [1.807, 2.05) is 32.3 Å². The maximum Gasteiger partial charge on any atom is 0.162 e. The Hall–Kier alpha value is -2.18. The number of fused-ring (bicyclic) bond motifs is 1. The average Bonchev–Trinajstić information content (AvgIpc) is 3.16. The van der Waals surface area contributed by atoms with Crippen LogP contribution in [0.2, 0.25) is 0 Å². The van der Waals surface area contributed by atoms with E-state index in [0.717, 1.165) is 70.6 Å². The minimum absolute atomic E-state index is 0.173. The molecule has 2 heterocycles. The number of hydrogen-bond donors (Lipinski definition) is 1. The molecule has 152 valence electrons. The lowest BCUT2D eigenvalue weighted by atomic mass is 10.0. The second-order valence-corrected chi connectivity index (χ2v) is 8.56. The molecule has 1 saturated heterocycles. The fourth-order valence-corrected chi connectivity index (χ4v) is 4.37. The van der Waals surface area contributed by atoms with E-state index in [9.17, 15) is 4.79 Å². The molecule has 6 heteroatoms. The van der Waals surface area contributed by atoms with Gasteiger partial charge in [0.1, 0.15) is 11.8 Å². The highest BCUT2D eigenvalue weighted by atomic mass is 79.9. The van der Waals surface area contributed by atoms with Crippen LogP contribution in [0.1, 0.15) is 42.1 Å². The highest BCUT2D eigenvalue weighted by Gasteiger charge is 2.16. The zero-order chi connectivity index (χ0) is 20.4. The number of carbonyl (C=O) groups is 1. The summed E-state index contributed by atoms with van der Waals surface area (Å²) in [5.41, 5.74) is 5.81. The van der Waals surface area contributed by atoms with E-state index in [-0.39, 0.29) is 5.78 Å². The molecule has 0 amide bonds. The van der Waals surface area contributed by atoms with Crippen molar-refractivity contribution in [3.05, 3.63) is 52.3 Å². The van der Waals surface area contributed by atoms with Crippen molar-refractivity contribution < 1.29 is 9.53 Å². The van der Waals surface area contributed by atoms with E-state index in [2.05, 4.69) is 44.0 Å². The van der Waals surface area contributed by atoms with Crippen molar-refractivity contribution in [2.45, 2.75) is 33.1 Å². The minimum Gasteiger partial charge on any atom is -0.383 e. The number of nitrogens with zero attached hydrogens (tertiary/aromatic N) is 2. The van der Waals surface area contributed by atoms with Gasteiger partial charge in [-0.3, -0.25) is 9.36 Å². The SMILES string of the molecule is CCC(=O)c1ccc(-n2cnc3c(NCC4CCOCC4)cc(Br)cc32)cc1C. The fraction of sp³-hybridized carbons (Fsp3) is 0.391. The third kappa shape index (κ3) is 4.23. The van der Waals surface area contributed by atoms with Crippen LogP contribution >= 0.6 is 15.9 Å². The number of Topliss-reactive ketones (excluding diaryl/α,β-unsaturated/α-hetero) is 1. The van der Waals surface area contributed by atoms with Gasteiger partial charge in [0.15, 0.2) is 5.78 Å². The van der Waals surface area contributed by atoms with Gasteiger partial charge in [-0.15, -0.1) is 0 Å². The number of ether oxygens (including phenoxy) is 1. The predicted molar refractivity (Wildman–Crippen MR) is 120 cm³/mol. The Bertz CT molecular complexity index is 1040. The normalized spacial score (nSPS) is 15.0. The number of imidazole rings is 1. The standard InChI is InChI=1S/C23H26BrN3O2/c1-3-22(28)19-5-4-18(10-15(19)2)27-14-26-23-20(11-17(24)12-21(23)27)25-13-16-6-8-29-9-7-16/h4-5,10-12,14,16,25H,3,6-9,13H2,1-2H3. The third-order valence-corrected chi connectivity index (χ3v) is 6.11. The summed E-state index contributed by atoms with van der Waals surface area (Å²) in [5.74, 6) is 0.804. The van der Waals surface area contributed by atoms with E-state index in [0.29, 0.717) is 12.3 Å². The second kappa shape index (κ2) is 8.67. The number of anilines is 1. The Morgan fingerprint density at radius 3 is 2.79 bits per heavy atom. The summed E-state index contributed by atoms with van der Waals surface area (Å²) in [6.45, 7) is 6.51. The third-order valence-electron chi connectivity index (χ3n) is 5.65. The molecular formula is C23H26BrN3O2. The minimum atomic E-state index is 0.173. The summed E-state index contributed by atoms with van der Waals surface area (Å²) in [6.07, 6.45) is 4.57. The zero-order valence-corrected chi connectivity index (χ0v) is 18.5. The van der Waals surface area contributed by atoms with Gasteiger partial charge in [0.2, 0.25) is 0 Å². The highest BCUT2D eigenvalue weighted by Crippen LogP contribution is 2.30. The van der Waals surface area contributed by atoms with Gasteiger partial charge < -0.3 is 10.1 Å². The molecule has 29 heavy (non-hydrogen) atoms. The van der Waals surface area contributed by atoms with Crippen LogP contribution in [-0.2, 0) is 4.74 Å². The summed E-state index contributed by atoms with van der Waals surface area (Å²) >= 11 is 3.65. The predicted octanol–water partition coefficient (Wildman–Crippen LogP) is 5.53. The molecule has 2 aromatic carbocycles. The number of hydrogen-bond acceptors (Lipinski definition) is 4. The number of nitrogens with one attached hydrogen (secondary N) is 1. The summed E-state index contributed by atoms with van der Waals surface area (Å²) in [6, 6.07) is 10.1. The molecule has 3 aromatic rings. The number of aromatic nitrogens is 2. The van der Waals surface area contributed by atoms with Crippen LogP contribution in [-0.4, -0.2) is 35.1 Å². The Morgan fingerprint density at radius 1 is 1.28 bits per heavy atom. The first-order chi connectivity index (χ1) is 14.1. The van der Waals surface area contributed by atoms with Crippen molar-refractivity contribution in [1.82, 2.24) is 9.55 Å². The number of benzene rings is 2. The quantitative estimate of drug-likeness (QED) is 0.496. The zero-order valence-electron chi connectivity index (χ0n) is 16.9. The fourth-order valence-electron chi connectivity index (χ4n) is 3.93. The van der Waals surface area contributed by atoms with Gasteiger partial charge >= 0.3 is 0 Å². The molecule has 0 saturated carbocycles.